The molecule has 15 heteroatoms. The molecule has 1 aromatic heterocycles. The fourth-order valence-electron chi connectivity index (χ4n) is 10.5. The molecule has 3 saturated heterocycles. The lowest BCUT2D eigenvalue weighted by Gasteiger charge is -2.41. The first-order valence-electron chi connectivity index (χ1n) is 24.8. The number of halogens is 1. The first kappa shape index (κ1) is 48.0. The van der Waals surface area contributed by atoms with Crippen molar-refractivity contribution in [1.82, 2.24) is 45.3 Å². The molecule has 3 N–H and O–H groups in total. The summed E-state index contributed by atoms with van der Waals surface area (Å²) < 4.78 is 15.1. The minimum Gasteiger partial charge on any atom is -0.341 e. The van der Waals surface area contributed by atoms with Crippen LogP contribution in [-0.4, -0.2) is 156 Å². The average Bonchev–Trinajstić information content (AvgIpc) is 3.36. The second-order valence-corrected chi connectivity index (χ2v) is 19.1. The van der Waals surface area contributed by atoms with Gasteiger partial charge in [-0.05, 0) is 105 Å². The number of hydrogen-bond donors (Lipinski definition) is 3. The van der Waals surface area contributed by atoms with Gasteiger partial charge in [0.05, 0.1) is 23.2 Å². The molecular formula is C52H68FN9O5. The standard InChI is InChI=1S/C52H68FN9O5/c1-2-20-54-21-17-37-9-8-12-41(32-37)49(64)55-48(40-10-4-3-5-11-40)52(67)61-22-18-38(19-23-61)35-58-24-26-59(27-25-58)36-47(63)60-28-30-62(31-29-60)51(66)44-33-39(15-16-45(44)53)34-46-42-13-6-7-14-43(42)50(65)57-56-46/h6-9,12-16,32-33,38,40,48,54H,2-5,10-11,17-31,34-36H2,1H3,(H,55,64)(H,57,65). The zero-order chi connectivity index (χ0) is 46.7. The van der Waals surface area contributed by atoms with Crippen molar-refractivity contribution < 1.29 is 23.6 Å². The molecule has 4 aliphatic rings. The van der Waals surface area contributed by atoms with Crippen LogP contribution in [0.15, 0.2) is 71.5 Å². The van der Waals surface area contributed by atoms with E-state index in [-0.39, 0.29) is 34.8 Å². The second kappa shape index (κ2) is 23.0. The van der Waals surface area contributed by atoms with Gasteiger partial charge < -0.3 is 30.2 Å². The van der Waals surface area contributed by atoms with E-state index in [0.29, 0.717) is 85.7 Å². The number of hydrogen-bond acceptors (Lipinski definition) is 9. The Labute approximate surface area is 393 Å². The molecule has 4 amide bonds. The molecular weight excluding hydrogens is 850 g/mol. The molecule has 0 radical (unpaired) electrons. The van der Waals surface area contributed by atoms with Crippen LogP contribution < -0.4 is 16.2 Å². The van der Waals surface area contributed by atoms with Gasteiger partial charge in [-0.3, -0.25) is 28.9 Å². The van der Waals surface area contributed by atoms with Gasteiger partial charge in [0.25, 0.3) is 17.4 Å². The zero-order valence-electron chi connectivity index (χ0n) is 39.2. The largest absolute Gasteiger partial charge is 0.341 e. The van der Waals surface area contributed by atoms with Crippen molar-refractivity contribution in [2.45, 2.75) is 77.2 Å². The normalized spacial score (nSPS) is 18.6. The molecule has 1 unspecified atom stereocenters. The summed E-state index contributed by atoms with van der Waals surface area (Å²) in [6.07, 6.45) is 9.40. The van der Waals surface area contributed by atoms with Gasteiger partial charge in [0.1, 0.15) is 11.9 Å². The highest BCUT2D eigenvalue weighted by Crippen LogP contribution is 2.29. The third-order valence-corrected chi connectivity index (χ3v) is 14.5. The molecule has 1 atom stereocenters. The molecule has 67 heavy (non-hydrogen) atoms. The highest BCUT2D eigenvalue weighted by molar-refractivity contribution is 5.98. The van der Waals surface area contributed by atoms with Gasteiger partial charge in [0, 0.05) is 89.4 Å². The number of piperidine rings is 1. The molecule has 4 heterocycles. The van der Waals surface area contributed by atoms with E-state index in [0.717, 1.165) is 103 Å². The Morgan fingerprint density at radius 1 is 0.746 bits per heavy atom. The van der Waals surface area contributed by atoms with E-state index in [2.05, 4.69) is 43.6 Å². The van der Waals surface area contributed by atoms with Gasteiger partial charge in [-0.2, -0.15) is 5.10 Å². The lowest BCUT2D eigenvalue weighted by atomic mass is 9.82. The predicted molar refractivity (Wildman–Crippen MR) is 257 cm³/mol. The average molecular weight is 918 g/mol. The van der Waals surface area contributed by atoms with E-state index in [1.165, 1.54) is 12.5 Å². The number of likely N-dealkylation sites (tertiary alicyclic amines) is 1. The topological polar surface area (TPSA) is 154 Å². The first-order chi connectivity index (χ1) is 32.6. The van der Waals surface area contributed by atoms with Crippen molar-refractivity contribution in [2.75, 3.05) is 91.6 Å². The lowest BCUT2D eigenvalue weighted by Crippen LogP contribution is -2.55. The van der Waals surface area contributed by atoms with Gasteiger partial charge in [-0.25, -0.2) is 9.49 Å². The second-order valence-electron chi connectivity index (χ2n) is 19.1. The van der Waals surface area contributed by atoms with E-state index in [1.54, 1.807) is 34.1 Å². The van der Waals surface area contributed by atoms with Crippen molar-refractivity contribution in [3.63, 3.8) is 0 Å². The summed E-state index contributed by atoms with van der Waals surface area (Å²) in [4.78, 5) is 77.3. The zero-order valence-corrected chi connectivity index (χ0v) is 39.2. The molecule has 0 bridgehead atoms. The Balaban J connectivity index is 0.757. The molecule has 358 valence electrons. The Bertz CT molecular complexity index is 2400. The number of aromatic nitrogens is 2. The Morgan fingerprint density at radius 3 is 2.21 bits per heavy atom. The summed E-state index contributed by atoms with van der Waals surface area (Å²) in [5.74, 6) is -0.427. The number of aromatic amines is 1. The molecule has 8 rings (SSSR count). The SMILES string of the molecule is CCCNCCc1cccc(C(=O)NC(C(=O)N2CCC(CN3CCN(CC(=O)N4CCN(C(=O)c5cc(Cc6n[nH]c(=O)c7ccccc67)ccc5F)CC4)CC3)CC2)C2CCCCC2)c1. The quantitative estimate of drug-likeness (QED) is 0.136. The molecule has 4 aromatic rings. The highest BCUT2D eigenvalue weighted by atomic mass is 19.1. The third kappa shape index (κ3) is 12.3. The van der Waals surface area contributed by atoms with Crippen LogP contribution in [0.3, 0.4) is 0 Å². The van der Waals surface area contributed by atoms with Gasteiger partial charge in [-0.15, -0.1) is 0 Å². The highest BCUT2D eigenvalue weighted by Gasteiger charge is 2.36. The maximum Gasteiger partial charge on any atom is 0.272 e. The van der Waals surface area contributed by atoms with Crippen molar-refractivity contribution >= 4 is 34.4 Å². The number of nitrogens with one attached hydrogen (secondary N) is 3. The number of fused-ring (bicyclic) bond motifs is 1. The third-order valence-electron chi connectivity index (χ3n) is 14.5. The minimum atomic E-state index is -0.601. The smallest absolute Gasteiger partial charge is 0.272 e. The number of H-pyrrole nitrogens is 1. The van der Waals surface area contributed by atoms with Gasteiger partial charge >= 0.3 is 0 Å². The van der Waals surface area contributed by atoms with E-state index < -0.39 is 17.8 Å². The van der Waals surface area contributed by atoms with Crippen molar-refractivity contribution in [3.05, 3.63) is 111 Å². The number of piperazine rings is 2. The first-order valence-corrected chi connectivity index (χ1v) is 24.8. The molecule has 14 nitrogen and oxygen atoms in total. The summed E-state index contributed by atoms with van der Waals surface area (Å²) in [6, 6.07) is 19.0. The van der Waals surface area contributed by atoms with Crippen LogP contribution in [0, 0.1) is 17.7 Å². The van der Waals surface area contributed by atoms with Crippen LogP contribution in [0.5, 0.6) is 0 Å². The molecule has 3 aliphatic heterocycles. The molecule has 4 fully saturated rings. The summed E-state index contributed by atoms with van der Waals surface area (Å²) >= 11 is 0. The van der Waals surface area contributed by atoms with E-state index in [4.69, 9.17) is 0 Å². The monoisotopic (exact) mass is 918 g/mol. The summed E-state index contributed by atoms with van der Waals surface area (Å²) in [6.45, 7) is 11.4. The predicted octanol–water partition coefficient (Wildman–Crippen LogP) is 4.71. The number of benzene rings is 3. The molecule has 1 saturated carbocycles. The van der Waals surface area contributed by atoms with Crippen LogP contribution in [0.2, 0.25) is 0 Å². The van der Waals surface area contributed by atoms with Crippen LogP contribution in [0.25, 0.3) is 10.8 Å². The van der Waals surface area contributed by atoms with E-state index in [9.17, 15) is 24.0 Å². The Kier molecular flexibility index (Phi) is 16.5. The maximum atomic E-state index is 15.1. The van der Waals surface area contributed by atoms with Crippen LogP contribution >= 0.6 is 0 Å². The minimum absolute atomic E-state index is 0.0178. The van der Waals surface area contributed by atoms with Gasteiger partial charge in [0.2, 0.25) is 11.8 Å². The van der Waals surface area contributed by atoms with Crippen LogP contribution in [-0.2, 0) is 22.4 Å². The van der Waals surface area contributed by atoms with Crippen molar-refractivity contribution in [3.8, 4) is 0 Å². The lowest BCUT2D eigenvalue weighted by molar-refractivity contribution is -0.137. The summed E-state index contributed by atoms with van der Waals surface area (Å²) in [5, 5.41) is 14.7. The Morgan fingerprint density at radius 2 is 1.46 bits per heavy atom. The van der Waals surface area contributed by atoms with Crippen LogP contribution in [0.1, 0.15) is 95.8 Å². The fraction of sp³-hybridized carbons (Fsp3) is 0.538. The van der Waals surface area contributed by atoms with Gasteiger partial charge in [0.15, 0.2) is 0 Å². The number of rotatable bonds is 16. The number of amides is 4. The van der Waals surface area contributed by atoms with E-state index in [1.807, 2.05) is 35.2 Å². The molecule has 3 aromatic carbocycles. The van der Waals surface area contributed by atoms with Crippen molar-refractivity contribution in [2.24, 2.45) is 11.8 Å². The van der Waals surface area contributed by atoms with Crippen molar-refractivity contribution in [1.29, 1.82) is 0 Å². The fourth-order valence-corrected chi connectivity index (χ4v) is 10.5. The summed E-state index contributed by atoms with van der Waals surface area (Å²) in [5.41, 5.74) is 2.76. The summed E-state index contributed by atoms with van der Waals surface area (Å²) in [7, 11) is 0. The maximum absolute atomic E-state index is 15.1. The molecule has 1 aliphatic carbocycles. The van der Waals surface area contributed by atoms with Crippen LogP contribution in [0.4, 0.5) is 4.39 Å². The number of nitrogens with zero attached hydrogens (tertiary/aromatic N) is 6. The molecule has 0 spiro atoms. The van der Waals surface area contributed by atoms with Gasteiger partial charge in [-0.1, -0.05) is 62.6 Å². The van der Waals surface area contributed by atoms with E-state index >= 15 is 4.39 Å². The Hall–Kier alpha value is -5.51. The number of carbonyl (C=O) groups excluding carboxylic acids is 4. The number of carbonyl (C=O) groups is 4.